The summed E-state index contributed by atoms with van der Waals surface area (Å²) in [6, 6.07) is 1.64. The van der Waals surface area contributed by atoms with Gasteiger partial charge in [0.05, 0.1) is 11.1 Å². The molecule has 0 aliphatic heterocycles. The highest BCUT2D eigenvalue weighted by molar-refractivity contribution is 9.10. The number of carbonyl (C=O) groups excluding carboxylic acids is 2. The Morgan fingerprint density at radius 1 is 1.55 bits per heavy atom. The van der Waals surface area contributed by atoms with Gasteiger partial charge in [0, 0.05) is 5.69 Å². The molecular formula is C13H14BrN3O3. The number of rotatable bonds is 4. The maximum absolute atomic E-state index is 11.9. The van der Waals surface area contributed by atoms with Gasteiger partial charge >= 0.3 is 5.97 Å². The number of ether oxygens (including phenoxy) is 1. The van der Waals surface area contributed by atoms with Gasteiger partial charge in [-0.05, 0) is 34.8 Å². The number of aromatic nitrogens is 3. The zero-order chi connectivity index (χ0) is 14.9. The topological polar surface area (TPSA) is 73.6 Å². The average molecular weight is 340 g/mol. The summed E-state index contributed by atoms with van der Waals surface area (Å²) >= 11 is 3.29. The van der Waals surface area contributed by atoms with Crippen LogP contribution in [0.25, 0.3) is 5.65 Å². The summed E-state index contributed by atoms with van der Waals surface area (Å²) in [4.78, 5) is 27.1. The van der Waals surface area contributed by atoms with E-state index < -0.39 is 5.97 Å². The first-order chi connectivity index (χ1) is 9.49. The van der Waals surface area contributed by atoms with Crippen LogP contribution in [0.1, 0.15) is 53.4 Å². The smallest absolute Gasteiger partial charge is 0.357 e. The normalized spacial score (nSPS) is 11.1. The van der Waals surface area contributed by atoms with Crippen molar-refractivity contribution in [2.75, 3.05) is 6.61 Å². The highest BCUT2D eigenvalue weighted by atomic mass is 79.9. The lowest BCUT2D eigenvalue weighted by atomic mass is 10.1. The largest absolute Gasteiger partial charge is 0.461 e. The monoisotopic (exact) mass is 339 g/mol. The van der Waals surface area contributed by atoms with Gasteiger partial charge in [-0.25, -0.2) is 14.3 Å². The van der Waals surface area contributed by atoms with E-state index in [1.54, 1.807) is 17.5 Å². The molecule has 0 atom stereocenters. The molecule has 0 unspecified atom stereocenters. The number of hydrogen-bond donors (Lipinski definition) is 0. The molecule has 0 fully saturated rings. The van der Waals surface area contributed by atoms with Crippen LogP contribution in [0.2, 0.25) is 0 Å². The quantitative estimate of drug-likeness (QED) is 0.632. The molecule has 0 saturated carbocycles. The second kappa shape index (κ2) is 5.70. The Morgan fingerprint density at radius 2 is 2.25 bits per heavy atom. The fraction of sp³-hybridized carbons (Fsp3) is 0.385. The maximum atomic E-state index is 11.9. The molecule has 2 rings (SSSR count). The highest BCUT2D eigenvalue weighted by Crippen LogP contribution is 2.25. The van der Waals surface area contributed by atoms with Gasteiger partial charge in [0.15, 0.2) is 17.6 Å². The Kier molecular flexibility index (Phi) is 4.17. The maximum Gasteiger partial charge on any atom is 0.357 e. The third-order valence-corrected chi connectivity index (χ3v) is 3.53. The number of fused-ring (bicyclic) bond motifs is 1. The lowest BCUT2D eigenvalue weighted by Gasteiger charge is -2.10. The lowest BCUT2D eigenvalue weighted by Crippen LogP contribution is -2.11. The first-order valence-corrected chi connectivity index (χ1v) is 7.00. The van der Waals surface area contributed by atoms with Crippen molar-refractivity contribution in [3.63, 3.8) is 0 Å². The minimum absolute atomic E-state index is 0.111. The first kappa shape index (κ1) is 14.6. The van der Waals surface area contributed by atoms with Crippen LogP contribution in [0.4, 0.5) is 0 Å². The third kappa shape index (κ3) is 2.45. The van der Waals surface area contributed by atoms with Crippen LogP contribution >= 0.6 is 15.9 Å². The Hall–Kier alpha value is -1.76. The van der Waals surface area contributed by atoms with Gasteiger partial charge in [-0.1, -0.05) is 13.8 Å². The molecule has 106 valence electrons. The van der Waals surface area contributed by atoms with E-state index in [0.29, 0.717) is 16.4 Å². The summed E-state index contributed by atoms with van der Waals surface area (Å²) in [5, 5.41) is 4.19. The molecule has 0 spiro atoms. The summed E-state index contributed by atoms with van der Waals surface area (Å²) < 4.78 is 7.01. The molecule has 7 heteroatoms. The van der Waals surface area contributed by atoms with E-state index in [4.69, 9.17) is 4.74 Å². The van der Waals surface area contributed by atoms with Gasteiger partial charge in [0.25, 0.3) is 0 Å². The van der Waals surface area contributed by atoms with E-state index in [9.17, 15) is 9.59 Å². The molecule has 0 bridgehead atoms. The van der Waals surface area contributed by atoms with Crippen LogP contribution in [-0.2, 0) is 4.74 Å². The fourth-order valence-corrected chi connectivity index (χ4v) is 2.26. The van der Waals surface area contributed by atoms with E-state index in [2.05, 4.69) is 26.0 Å². The molecular weight excluding hydrogens is 326 g/mol. The van der Waals surface area contributed by atoms with Gasteiger partial charge < -0.3 is 4.74 Å². The van der Waals surface area contributed by atoms with Crippen LogP contribution in [0.3, 0.4) is 0 Å². The van der Waals surface area contributed by atoms with Crippen LogP contribution in [-0.4, -0.2) is 33.5 Å². The van der Waals surface area contributed by atoms with Crippen molar-refractivity contribution in [1.29, 1.82) is 0 Å². The Bertz CT molecular complexity index is 679. The van der Waals surface area contributed by atoms with E-state index in [1.165, 1.54) is 0 Å². The van der Waals surface area contributed by atoms with Crippen LogP contribution in [0.15, 0.2) is 10.5 Å². The Labute approximate surface area is 124 Å². The molecule has 2 aromatic heterocycles. The number of nitrogens with zero attached hydrogens (tertiary/aromatic N) is 3. The van der Waals surface area contributed by atoms with Crippen molar-refractivity contribution in [2.45, 2.75) is 26.7 Å². The van der Waals surface area contributed by atoms with E-state index in [1.807, 2.05) is 13.8 Å². The van der Waals surface area contributed by atoms with E-state index in [-0.39, 0.29) is 23.9 Å². The number of carbonyl (C=O) groups is 2. The van der Waals surface area contributed by atoms with Crippen molar-refractivity contribution in [3.8, 4) is 0 Å². The summed E-state index contributed by atoms with van der Waals surface area (Å²) in [5.41, 5.74) is 1.68. The second-order valence-electron chi connectivity index (χ2n) is 4.49. The molecule has 0 N–H and O–H groups in total. The van der Waals surface area contributed by atoms with Gasteiger partial charge in [-0.3, -0.25) is 4.79 Å². The standard InChI is InChI=1S/C13H14BrN3O3/c1-4-20-13(19)8-5-10(7(2)3)17-12(15-8)11(14)9(6-18)16-17/h5-7H,4H2,1-3H3. The molecule has 0 aliphatic carbocycles. The number of hydrogen-bond acceptors (Lipinski definition) is 5. The number of aldehydes is 1. The zero-order valence-corrected chi connectivity index (χ0v) is 13.0. The van der Waals surface area contributed by atoms with Crippen molar-refractivity contribution in [1.82, 2.24) is 14.6 Å². The third-order valence-electron chi connectivity index (χ3n) is 2.77. The van der Waals surface area contributed by atoms with Crippen molar-refractivity contribution >= 4 is 33.8 Å². The predicted molar refractivity (Wildman–Crippen MR) is 76.1 cm³/mol. The molecule has 2 heterocycles. The summed E-state index contributed by atoms with van der Waals surface area (Å²) in [6.07, 6.45) is 0.646. The van der Waals surface area contributed by atoms with E-state index >= 15 is 0 Å². The molecule has 0 amide bonds. The summed E-state index contributed by atoms with van der Waals surface area (Å²) in [5.74, 6) is -0.377. The van der Waals surface area contributed by atoms with Gasteiger partial charge in [0.2, 0.25) is 0 Å². The molecule has 2 aromatic rings. The minimum Gasteiger partial charge on any atom is -0.461 e. The SMILES string of the molecule is CCOC(=O)c1cc(C(C)C)n2nc(C=O)c(Br)c2n1. The Morgan fingerprint density at radius 3 is 2.80 bits per heavy atom. The van der Waals surface area contributed by atoms with Gasteiger partial charge in [-0.2, -0.15) is 5.10 Å². The molecule has 0 aliphatic rings. The van der Waals surface area contributed by atoms with Crippen LogP contribution < -0.4 is 0 Å². The second-order valence-corrected chi connectivity index (χ2v) is 5.29. The molecule has 0 aromatic carbocycles. The minimum atomic E-state index is -0.488. The predicted octanol–water partition coefficient (Wildman–Crippen LogP) is 2.60. The summed E-state index contributed by atoms with van der Waals surface area (Å²) in [7, 11) is 0. The van der Waals surface area contributed by atoms with Gasteiger partial charge in [-0.15, -0.1) is 0 Å². The van der Waals surface area contributed by atoms with Crippen LogP contribution in [0, 0.1) is 0 Å². The molecule has 6 nitrogen and oxygen atoms in total. The fourth-order valence-electron chi connectivity index (χ4n) is 1.83. The van der Waals surface area contributed by atoms with Gasteiger partial charge in [0.1, 0.15) is 5.69 Å². The Balaban J connectivity index is 2.72. The molecule has 0 saturated heterocycles. The average Bonchev–Trinajstić information content (AvgIpc) is 2.74. The molecule has 20 heavy (non-hydrogen) atoms. The van der Waals surface area contributed by atoms with Crippen molar-refractivity contribution in [2.24, 2.45) is 0 Å². The van der Waals surface area contributed by atoms with Crippen molar-refractivity contribution < 1.29 is 14.3 Å². The molecule has 0 radical (unpaired) electrons. The van der Waals surface area contributed by atoms with E-state index in [0.717, 1.165) is 5.69 Å². The lowest BCUT2D eigenvalue weighted by molar-refractivity contribution is 0.0519. The first-order valence-electron chi connectivity index (χ1n) is 6.21. The number of halogens is 1. The van der Waals surface area contributed by atoms with Crippen LogP contribution in [0.5, 0.6) is 0 Å². The summed E-state index contributed by atoms with van der Waals surface area (Å²) in [6.45, 7) is 5.96. The van der Waals surface area contributed by atoms with Crippen molar-refractivity contribution in [3.05, 3.63) is 27.6 Å². The number of esters is 1. The highest BCUT2D eigenvalue weighted by Gasteiger charge is 2.19. The zero-order valence-electron chi connectivity index (χ0n) is 11.4.